The fraction of sp³-hybridized carbons (Fsp3) is 0.667. The van der Waals surface area contributed by atoms with Gasteiger partial charge in [0.05, 0.1) is 32.0 Å². The molecule has 64 heavy (non-hydrogen) atoms. The zero-order chi connectivity index (χ0) is 45.3. The Bertz CT molecular complexity index is 1870. The van der Waals surface area contributed by atoms with Gasteiger partial charge < -0.3 is 18.9 Å². The molecule has 0 heterocycles. The molecule has 0 amide bonds. The Hall–Kier alpha value is -3.58. The molecule has 0 aliphatic rings. The number of hydrogen-bond acceptors (Lipinski definition) is 4. The van der Waals surface area contributed by atoms with E-state index < -0.39 is 0 Å². The molecule has 0 aliphatic heterocycles. The van der Waals surface area contributed by atoms with Crippen molar-refractivity contribution in [2.75, 3.05) is 26.4 Å². The third kappa shape index (κ3) is 18.0. The number of hydrogen-bond donors (Lipinski definition) is 0. The van der Waals surface area contributed by atoms with Gasteiger partial charge in [0.1, 0.15) is 5.75 Å². The lowest BCUT2D eigenvalue weighted by molar-refractivity contribution is 0.236. The van der Waals surface area contributed by atoms with Crippen LogP contribution in [-0.4, -0.2) is 26.4 Å². The van der Waals surface area contributed by atoms with Crippen LogP contribution in [0.4, 0.5) is 0 Å². The minimum atomic E-state index is 0.591. The van der Waals surface area contributed by atoms with Gasteiger partial charge in [-0.1, -0.05) is 250 Å². The van der Waals surface area contributed by atoms with Crippen molar-refractivity contribution in [1.82, 2.24) is 0 Å². The Morgan fingerprint density at radius 2 is 0.672 bits per heavy atom. The summed E-state index contributed by atoms with van der Waals surface area (Å²) in [4.78, 5) is 0. The molecular weight excluding hydrogens is 785 g/mol. The van der Waals surface area contributed by atoms with Crippen molar-refractivity contribution in [3.8, 4) is 35.3 Å². The van der Waals surface area contributed by atoms with Crippen molar-refractivity contribution in [3.05, 3.63) is 48.0 Å². The fourth-order valence-corrected chi connectivity index (χ4v) is 9.45. The van der Waals surface area contributed by atoms with Gasteiger partial charge in [0.25, 0.3) is 0 Å². The minimum Gasteiger partial charge on any atom is -0.493 e. The molecule has 0 unspecified atom stereocenters. The SMILES string of the molecule is C#Cc1c(OCCCCCCCCCC)c(OCCCCCCCCCC)c(OCCCCCCCCCC)c2c3ccccc3c3cccc(OCCCCCCCCCC)c3c12. The monoisotopic (exact) mass is 877 g/mol. The van der Waals surface area contributed by atoms with Crippen molar-refractivity contribution in [2.45, 2.75) is 233 Å². The second-order valence-corrected chi connectivity index (χ2v) is 18.8. The summed E-state index contributed by atoms with van der Waals surface area (Å²) in [5.74, 6) is 6.20. The van der Waals surface area contributed by atoms with Gasteiger partial charge in [-0.25, -0.2) is 0 Å². The van der Waals surface area contributed by atoms with Crippen molar-refractivity contribution >= 4 is 32.3 Å². The van der Waals surface area contributed by atoms with Crippen LogP contribution in [-0.2, 0) is 0 Å². The van der Waals surface area contributed by atoms with E-state index in [-0.39, 0.29) is 0 Å². The number of rotatable bonds is 40. The van der Waals surface area contributed by atoms with Gasteiger partial charge in [-0.3, -0.25) is 0 Å². The largest absolute Gasteiger partial charge is 0.493 e. The van der Waals surface area contributed by atoms with Gasteiger partial charge in [0.2, 0.25) is 5.75 Å². The summed E-state index contributed by atoms with van der Waals surface area (Å²) >= 11 is 0. The standard InChI is InChI=1S/C60H92O4/c1-6-11-15-19-23-27-31-37-46-61-54-45-41-44-52-51-42-35-36-43-53(51)57-56(55(52)54)50(10-5)58(62-47-38-32-28-24-20-16-12-7-2)60(64-49-40-34-30-26-22-18-14-9-4)59(57)63-48-39-33-29-25-21-17-13-8-3/h5,35-36,41-45H,6-9,11-34,37-40,46-49H2,1-4H3. The molecule has 0 aliphatic carbocycles. The van der Waals surface area contributed by atoms with E-state index >= 15 is 0 Å². The second-order valence-electron chi connectivity index (χ2n) is 18.8. The normalized spacial score (nSPS) is 11.5. The number of fused-ring (bicyclic) bond motifs is 6. The van der Waals surface area contributed by atoms with Crippen molar-refractivity contribution in [2.24, 2.45) is 0 Å². The molecule has 0 saturated carbocycles. The van der Waals surface area contributed by atoms with E-state index in [4.69, 9.17) is 25.4 Å². The zero-order valence-electron chi connectivity index (χ0n) is 41.7. The lowest BCUT2D eigenvalue weighted by Crippen LogP contribution is -2.09. The summed E-state index contributed by atoms with van der Waals surface area (Å²) in [7, 11) is 0. The maximum absolute atomic E-state index is 7.10. The third-order valence-electron chi connectivity index (χ3n) is 13.3. The second kappa shape index (κ2) is 33.8. The van der Waals surface area contributed by atoms with E-state index in [2.05, 4.69) is 76.1 Å². The molecule has 356 valence electrons. The predicted molar refractivity (Wildman–Crippen MR) is 279 cm³/mol. The maximum atomic E-state index is 7.10. The van der Waals surface area contributed by atoms with Crippen molar-refractivity contribution < 1.29 is 18.9 Å². The molecule has 4 rings (SSSR count). The molecular formula is C60H92O4. The van der Waals surface area contributed by atoms with Crippen molar-refractivity contribution in [3.63, 3.8) is 0 Å². The third-order valence-corrected chi connectivity index (χ3v) is 13.3. The number of unbranched alkanes of at least 4 members (excludes halogenated alkanes) is 28. The summed E-state index contributed by atoms with van der Waals surface area (Å²) < 4.78 is 27.8. The van der Waals surface area contributed by atoms with E-state index in [1.54, 1.807) is 0 Å². The molecule has 0 atom stereocenters. The Morgan fingerprint density at radius 1 is 0.328 bits per heavy atom. The van der Waals surface area contributed by atoms with Crippen molar-refractivity contribution in [1.29, 1.82) is 0 Å². The first kappa shape index (κ1) is 53.0. The Balaban J connectivity index is 1.75. The molecule has 0 saturated heterocycles. The number of terminal acetylenes is 1. The lowest BCUT2D eigenvalue weighted by atomic mass is 9.89. The van der Waals surface area contributed by atoms with E-state index in [0.29, 0.717) is 37.9 Å². The van der Waals surface area contributed by atoms with Crippen LogP contribution in [0.3, 0.4) is 0 Å². The number of ether oxygens (including phenoxy) is 4. The van der Waals surface area contributed by atoms with Crippen LogP contribution in [0.2, 0.25) is 0 Å². The van der Waals surface area contributed by atoms with Crippen LogP contribution < -0.4 is 18.9 Å². The van der Waals surface area contributed by atoms with E-state index in [0.717, 1.165) is 88.9 Å². The summed E-state index contributed by atoms with van der Waals surface area (Å²) in [6.07, 6.45) is 46.7. The molecule has 0 N–H and O–H groups in total. The van der Waals surface area contributed by atoms with Crippen LogP contribution in [0.1, 0.15) is 239 Å². The quantitative estimate of drug-likeness (QED) is 0.0253. The van der Waals surface area contributed by atoms with Gasteiger partial charge in [-0.2, -0.15) is 0 Å². The average molecular weight is 877 g/mol. The molecule has 4 aromatic carbocycles. The van der Waals surface area contributed by atoms with E-state index in [1.807, 2.05) is 0 Å². The van der Waals surface area contributed by atoms with Crippen LogP contribution >= 0.6 is 0 Å². The molecule has 4 nitrogen and oxygen atoms in total. The summed E-state index contributed by atoms with van der Waals surface area (Å²) in [5, 5.41) is 6.49. The first-order valence-electron chi connectivity index (χ1n) is 27.2. The maximum Gasteiger partial charge on any atom is 0.205 e. The van der Waals surface area contributed by atoms with Gasteiger partial charge in [0, 0.05) is 16.2 Å². The van der Waals surface area contributed by atoms with Crippen LogP contribution in [0.25, 0.3) is 32.3 Å². The van der Waals surface area contributed by atoms with Crippen LogP contribution in [0.15, 0.2) is 42.5 Å². The molecule has 0 radical (unpaired) electrons. The average Bonchev–Trinajstić information content (AvgIpc) is 3.32. The highest BCUT2D eigenvalue weighted by atomic mass is 16.5. The summed E-state index contributed by atoms with van der Waals surface area (Å²) in [6.45, 7) is 11.6. The zero-order valence-corrected chi connectivity index (χ0v) is 41.7. The van der Waals surface area contributed by atoms with E-state index in [1.165, 1.54) is 166 Å². The Kier molecular flexibility index (Phi) is 28.0. The molecule has 0 bridgehead atoms. The minimum absolute atomic E-state index is 0.591. The molecule has 4 aromatic rings. The van der Waals surface area contributed by atoms with E-state index in [9.17, 15) is 0 Å². The Morgan fingerprint density at radius 3 is 1.11 bits per heavy atom. The highest BCUT2D eigenvalue weighted by molar-refractivity contribution is 6.30. The Labute approximate surface area is 392 Å². The highest BCUT2D eigenvalue weighted by Gasteiger charge is 2.28. The van der Waals surface area contributed by atoms with Gasteiger partial charge >= 0.3 is 0 Å². The van der Waals surface area contributed by atoms with Gasteiger partial charge in [0.15, 0.2) is 11.5 Å². The smallest absolute Gasteiger partial charge is 0.205 e. The molecule has 4 heteroatoms. The first-order chi connectivity index (χ1) is 31.7. The van der Waals surface area contributed by atoms with Gasteiger partial charge in [-0.05, 0) is 47.9 Å². The molecule has 0 spiro atoms. The lowest BCUT2D eigenvalue weighted by Gasteiger charge is -2.24. The summed E-state index contributed by atoms with van der Waals surface area (Å²) in [6, 6.07) is 15.3. The molecule has 0 aromatic heterocycles. The first-order valence-corrected chi connectivity index (χ1v) is 27.2. The fourth-order valence-electron chi connectivity index (χ4n) is 9.45. The number of benzene rings is 4. The van der Waals surface area contributed by atoms with Crippen LogP contribution in [0, 0.1) is 12.3 Å². The topological polar surface area (TPSA) is 36.9 Å². The van der Waals surface area contributed by atoms with Crippen LogP contribution in [0.5, 0.6) is 23.0 Å². The highest BCUT2D eigenvalue weighted by Crippen LogP contribution is 2.53. The molecule has 0 fully saturated rings. The van der Waals surface area contributed by atoms with Gasteiger partial charge in [-0.15, -0.1) is 6.42 Å². The predicted octanol–water partition coefficient (Wildman–Crippen LogP) is 19.2. The summed E-state index contributed by atoms with van der Waals surface area (Å²) in [5.41, 5.74) is 0.749.